The average molecular weight is 176 g/mol. The van der Waals surface area contributed by atoms with E-state index >= 15 is 0 Å². The zero-order valence-corrected chi connectivity index (χ0v) is 6.87. The standard InChI is InChI=1S/C8H8N4O/c13-8-10-5-3-9-6(4-1-2-4)11-7(5)12-8/h3-4H,1-2H2,(H2,9,10,11,12,13). The van der Waals surface area contributed by atoms with Crippen LogP contribution in [0.25, 0.3) is 11.2 Å². The highest BCUT2D eigenvalue weighted by atomic mass is 16.1. The Bertz CT molecular complexity index is 508. The first-order valence-electron chi connectivity index (χ1n) is 4.28. The maximum absolute atomic E-state index is 10.9. The van der Waals surface area contributed by atoms with Crippen molar-refractivity contribution in [2.45, 2.75) is 18.8 Å². The molecule has 0 spiro atoms. The largest absolute Gasteiger partial charge is 0.325 e. The smallest absolute Gasteiger partial charge is 0.303 e. The Balaban J connectivity index is 2.25. The third kappa shape index (κ3) is 1.04. The maximum atomic E-state index is 10.9. The number of imidazole rings is 1. The lowest BCUT2D eigenvalue weighted by atomic mass is 10.4. The van der Waals surface area contributed by atoms with Gasteiger partial charge in [0.2, 0.25) is 0 Å². The molecule has 5 nitrogen and oxygen atoms in total. The summed E-state index contributed by atoms with van der Waals surface area (Å²) in [5.41, 5.74) is 1.06. The summed E-state index contributed by atoms with van der Waals surface area (Å²) in [6.45, 7) is 0. The Labute approximate surface area is 73.2 Å². The number of rotatable bonds is 1. The van der Waals surface area contributed by atoms with E-state index in [0.29, 0.717) is 17.1 Å². The minimum atomic E-state index is -0.225. The summed E-state index contributed by atoms with van der Waals surface area (Å²) in [4.78, 5) is 24.6. The van der Waals surface area contributed by atoms with Gasteiger partial charge in [-0.2, -0.15) is 0 Å². The molecule has 5 heteroatoms. The summed E-state index contributed by atoms with van der Waals surface area (Å²) in [6, 6.07) is 0. The van der Waals surface area contributed by atoms with E-state index in [1.54, 1.807) is 6.20 Å². The lowest BCUT2D eigenvalue weighted by Crippen LogP contribution is -1.99. The fraction of sp³-hybridized carbons (Fsp3) is 0.375. The molecule has 2 aromatic rings. The molecule has 3 rings (SSSR count). The highest BCUT2D eigenvalue weighted by Crippen LogP contribution is 2.37. The molecule has 0 aromatic carbocycles. The predicted molar refractivity (Wildman–Crippen MR) is 46.5 cm³/mol. The summed E-state index contributed by atoms with van der Waals surface area (Å²) in [6.07, 6.45) is 3.99. The van der Waals surface area contributed by atoms with Gasteiger partial charge in [-0.1, -0.05) is 0 Å². The second-order valence-corrected chi connectivity index (χ2v) is 3.34. The number of aromatic amines is 2. The number of hydrogen-bond acceptors (Lipinski definition) is 3. The SMILES string of the molecule is O=c1[nH]c2cnc(C3CC3)nc2[nH]1. The Morgan fingerprint density at radius 1 is 1.38 bits per heavy atom. The van der Waals surface area contributed by atoms with E-state index in [-0.39, 0.29) is 5.69 Å². The van der Waals surface area contributed by atoms with Gasteiger partial charge in [0, 0.05) is 5.92 Å². The van der Waals surface area contributed by atoms with Crippen molar-refractivity contribution in [1.82, 2.24) is 19.9 Å². The first kappa shape index (κ1) is 6.82. The van der Waals surface area contributed by atoms with Gasteiger partial charge in [-0.05, 0) is 12.8 Å². The molecule has 13 heavy (non-hydrogen) atoms. The van der Waals surface area contributed by atoms with E-state index in [0.717, 1.165) is 5.82 Å². The fourth-order valence-electron chi connectivity index (χ4n) is 1.38. The van der Waals surface area contributed by atoms with Gasteiger partial charge >= 0.3 is 5.69 Å². The molecule has 0 saturated heterocycles. The van der Waals surface area contributed by atoms with Crippen LogP contribution in [0.4, 0.5) is 0 Å². The van der Waals surface area contributed by atoms with Crippen molar-refractivity contribution < 1.29 is 0 Å². The van der Waals surface area contributed by atoms with E-state index in [4.69, 9.17) is 0 Å². The topological polar surface area (TPSA) is 74.4 Å². The number of aromatic nitrogens is 4. The van der Waals surface area contributed by atoms with Gasteiger partial charge < -0.3 is 4.98 Å². The minimum absolute atomic E-state index is 0.225. The molecule has 0 bridgehead atoms. The van der Waals surface area contributed by atoms with Gasteiger partial charge in [0.25, 0.3) is 0 Å². The molecule has 0 aliphatic heterocycles. The molecule has 66 valence electrons. The summed E-state index contributed by atoms with van der Waals surface area (Å²) in [7, 11) is 0. The summed E-state index contributed by atoms with van der Waals surface area (Å²) < 4.78 is 0. The monoisotopic (exact) mass is 176 g/mol. The Hall–Kier alpha value is -1.65. The zero-order chi connectivity index (χ0) is 8.84. The van der Waals surface area contributed by atoms with Crippen LogP contribution in [0, 0.1) is 0 Å². The van der Waals surface area contributed by atoms with Crippen LogP contribution in [0.3, 0.4) is 0 Å². The van der Waals surface area contributed by atoms with Crippen LogP contribution in [-0.2, 0) is 0 Å². The van der Waals surface area contributed by atoms with E-state index in [2.05, 4.69) is 19.9 Å². The lowest BCUT2D eigenvalue weighted by molar-refractivity contribution is 0.942. The van der Waals surface area contributed by atoms with Crippen molar-refractivity contribution in [3.05, 3.63) is 22.5 Å². The molecule has 2 aromatic heterocycles. The number of nitrogens with one attached hydrogen (secondary N) is 2. The van der Waals surface area contributed by atoms with Crippen molar-refractivity contribution in [2.75, 3.05) is 0 Å². The summed E-state index contributed by atoms with van der Waals surface area (Å²) >= 11 is 0. The Kier molecular flexibility index (Phi) is 1.15. The number of fused-ring (bicyclic) bond motifs is 1. The van der Waals surface area contributed by atoms with E-state index in [1.165, 1.54) is 12.8 Å². The average Bonchev–Trinajstić information content (AvgIpc) is 2.87. The number of H-pyrrole nitrogens is 2. The van der Waals surface area contributed by atoms with Gasteiger partial charge in [-0.3, -0.25) is 4.98 Å². The predicted octanol–water partition coefficient (Wildman–Crippen LogP) is 0.524. The molecule has 0 atom stereocenters. The van der Waals surface area contributed by atoms with Crippen LogP contribution < -0.4 is 5.69 Å². The van der Waals surface area contributed by atoms with Crippen LogP contribution in [0.1, 0.15) is 24.6 Å². The molecule has 1 saturated carbocycles. The molecule has 0 radical (unpaired) electrons. The molecule has 1 aliphatic carbocycles. The molecule has 2 N–H and O–H groups in total. The van der Waals surface area contributed by atoms with Crippen molar-refractivity contribution in [2.24, 2.45) is 0 Å². The molecule has 1 aliphatic rings. The van der Waals surface area contributed by atoms with Crippen molar-refractivity contribution >= 4 is 11.2 Å². The molecule has 2 heterocycles. The Morgan fingerprint density at radius 3 is 3.00 bits per heavy atom. The highest BCUT2D eigenvalue weighted by Gasteiger charge is 2.26. The van der Waals surface area contributed by atoms with Crippen molar-refractivity contribution in [1.29, 1.82) is 0 Å². The summed E-state index contributed by atoms with van der Waals surface area (Å²) in [5, 5.41) is 0. The first-order valence-corrected chi connectivity index (χ1v) is 4.28. The van der Waals surface area contributed by atoms with Gasteiger partial charge in [0.1, 0.15) is 11.3 Å². The third-order valence-corrected chi connectivity index (χ3v) is 2.23. The van der Waals surface area contributed by atoms with Crippen LogP contribution in [0.15, 0.2) is 11.0 Å². The normalized spacial score (nSPS) is 16.6. The quantitative estimate of drug-likeness (QED) is 0.665. The van der Waals surface area contributed by atoms with Gasteiger partial charge in [0.05, 0.1) is 6.20 Å². The number of nitrogens with zero attached hydrogens (tertiary/aromatic N) is 2. The Morgan fingerprint density at radius 2 is 2.23 bits per heavy atom. The van der Waals surface area contributed by atoms with Crippen LogP contribution in [0.2, 0.25) is 0 Å². The molecule has 0 unspecified atom stereocenters. The van der Waals surface area contributed by atoms with Crippen molar-refractivity contribution in [3.8, 4) is 0 Å². The molecular weight excluding hydrogens is 168 g/mol. The minimum Gasteiger partial charge on any atom is -0.303 e. The first-order chi connectivity index (χ1) is 6.33. The lowest BCUT2D eigenvalue weighted by Gasteiger charge is -1.93. The molecule has 1 fully saturated rings. The molecular formula is C8H8N4O. The highest BCUT2D eigenvalue weighted by molar-refractivity contribution is 5.68. The van der Waals surface area contributed by atoms with Gasteiger partial charge in [0.15, 0.2) is 5.65 Å². The zero-order valence-electron chi connectivity index (χ0n) is 6.87. The van der Waals surface area contributed by atoms with Crippen LogP contribution >= 0.6 is 0 Å². The van der Waals surface area contributed by atoms with Gasteiger partial charge in [-0.15, -0.1) is 0 Å². The second kappa shape index (κ2) is 2.18. The van der Waals surface area contributed by atoms with Crippen LogP contribution in [0.5, 0.6) is 0 Å². The maximum Gasteiger partial charge on any atom is 0.325 e. The second-order valence-electron chi connectivity index (χ2n) is 3.34. The van der Waals surface area contributed by atoms with E-state index in [9.17, 15) is 4.79 Å². The van der Waals surface area contributed by atoms with E-state index < -0.39 is 0 Å². The van der Waals surface area contributed by atoms with Crippen LogP contribution in [-0.4, -0.2) is 19.9 Å². The fourth-order valence-corrected chi connectivity index (χ4v) is 1.38. The number of hydrogen-bond donors (Lipinski definition) is 2. The van der Waals surface area contributed by atoms with E-state index in [1.807, 2.05) is 0 Å². The summed E-state index contributed by atoms with van der Waals surface area (Å²) in [5.74, 6) is 1.37. The van der Waals surface area contributed by atoms with Crippen molar-refractivity contribution in [3.63, 3.8) is 0 Å². The molecule has 0 amide bonds. The third-order valence-electron chi connectivity index (χ3n) is 2.23. The van der Waals surface area contributed by atoms with Gasteiger partial charge in [-0.25, -0.2) is 14.8 Å².